The van der Waals surface area contributed by atoms with Crippen molar-refractivity contribution in [2.24, 2.45) is 0 Å². The fourth-order valence-corrected chi connectivity index (χ4v) is 9.57. The topological polar surface area (TPSA) is 3.24 Å². The van der Waals surface area contributed by atoms with Crippen molar-refractivity contribution in [3.05, 3.63) is 235 Å². The second-order valence-corrected chi connectivity index (χ2v) is 14.4. The molecule has 0 N–H and O–H groups in total. The molecule has 2 aliphatic carbocycles. The summed E-state index contributed by atoms with van der Waals surface area (Å²) in [4.78, 5) is 2.49. The van der Waals surface area contributed by atoms with Crippen LogP contribution < -0.4 is 4.90 Å². The van der Waals surface area contributed by atoms with Gasteiger partial charge in [-0.2, -0.15) is 0 Å². The Bertz CT molecular complexity index is 2810. The standard InChI is InChI=1S/C53H35N/c1-4-18-36(19-5-1)37-32-34-40(35-33-37)54(39-22-8-3-9-23-39)52-44-27-11-10-26-43(44)51-50(49(52)38-20-6-2-7-21-38)45-28-14-17-31-48(45)53(51)46-29-15-12-24-41(46)42-25-13-16-30-47(42)53/h1-35H. The Balaban J connectivity index is 1.31. The zero-order valence-corrected chi connectivity index (χ0v) is 29.7. The third-order valence-corrected chi connectivity index (χ3v) is 11.6. The molecule has 0 saturated heterocycles. The number of rotatable bonds is 5. The van der Waals surface area contributed by atoms with Crippen LogP contribution in [0.15, 0.2) is 212 Å². The molecule has 252 valence electrons. The summed E-state index contributed by atoms with van der Waals surface area (Å²) >= 11 is 0. The van der Waals surface area contributed by atoms with E-state index in [9.17, 15) is 0 Å². The molecule has 0 bridgehead atoms. The van der Waals surface area contributed by atoms with Gasteiger partial charge in [-0.3, -0.25) is 0 Å². The summed E-state index contributed by atoms with van der Waals surface area (Å²) in [7, 11) is 0. The average Bonchev–Trinajstić information content (AvgIpc) is 3.73. The number of para-hydroxylation sites is 1. The second-order valence-electron chi connectivity index (χ2n) is 14.4. The Morgan fingerprint density at radius 1 is 0.296 bits per heavy atom. The molecule has 0 atom stereocenters. The largest absolute Gasteiger partial charge is 0.309 e. The van der Waals surface area contributed by atoms with Gasteiger partial charge >= 0.3 is 0 Å². The van der Waals surface area contributed by atoms with Gasteiger partial charge in [0, 0.05) is 22.3 Å². The predicted octanol–water partition coefficient (Wildman–Crippen LogP) is 14.0. The highest BCUT2D eigenvalue weighted by Crippen LogP contribution is 2.67. The summed E-state index contributed by atoms with van der Waals surface area (Å²) in [6.07, 6.45) is 0. The fraction of sp³-hybridized carbons (Fsp3) is 0.0189. The summed E-state index contributed by atoms with van der Waals surface area (Å²) in [5.41, 5.74) is 18.4. The van der Waals surface area contributed by atoms with Crippen molar-refractivity contribution >= 4 is 27.8 Å². The smallest absolute Gasteiger partial charge is 0.0731 e. The highest BCUT2D eigenvalue weighted by Gasteiger charge is 2.53. The average molecular weight is 686 g/mol. The molecule has 1 nitrogen and oxygen atoms in total. The van der Waals surface area contributed by atoms with E-state index >= 15 is 0 Å². The van der Waals surface area contributed by atoms with Crippen LogP contribution in [0, 0.1) is 0 Å². The van der Waals surface area contributed by atoms with E-state index in [2.05, 4.69) is 217 Å². The van der Waals surface area contributed by atoms with E-state index in [0.717, 1.165) is 11.4 Å². The van der Waals surface area contributed by atoms with E-state index in [-0.39, 0.29) is 0 Å². The molecule has 0 saturated carbocycles. The third-order valence-electron chi connectivity index (χ3n) is 11.6. The van der Waals surface area contributed by atoms with E-state index in [1.54, 1.807) is 0 Å². The van der Waals surface area contributed by atoms with Crippen LogP contribution in [0.2, 0.25) is 0 Å². The molecule has 9 aromatic carbocycles. The zero-order valence-electron chi connectivity index (χ0n) is 29.7. The lowest BCUT2D eigenvalue weighted by Gasteiger charge is -2.34. The van der Waals surface area contributed by atoms with Crippen molar-refractivity contribution in [2.75, 3.05) is 4.90 Å². The molecule has 0 fully saturated rings. The van der Waals surface area contributed by atoms with Gasteiger partial charge in [-0.25, -0.2) is 0 Å². The van der Waals surface area contributed by atoms with E-state index in [1.165, 1.54) is 83.2 Å². The van der Waals surface area contributed by atoms with Crippen molar-refractivity contribution in [1.82, 2.24) is 0 Å². The SMILES string of the molecule is c1ccc(-c2ccc(N(c3ccccc3)c3c(-c4ccccc4)c4c(c5ccccc35)C3(c5ccccc5-c5ccccc53)c3ccccc3-4)cc2)cc1. The Morgan fingerprint density at radius 2 is 0.722 bits per heavy atom. The molecule has 1 heteroatoms. The van der Waals surface area contributed by atoms with Crippen LogP contribution in [0.3, 0.4) is 0 Å². The molecular formula is C53H35N. The maximum atomic E-state index is 2.49. The van der Waals surface area contributed by atoms with Gasteiger partial charge in [0.2, 0.25) is 0 Å². The van der Waals surface area contributed by atoms with Gasteiger partial charge in [-0.1, -0.05) is 188 Å². The Morgan fingerprint density at radius 3 is 1.33 bits per heavy atom. The van der Waals surface area contributed by atoms with Gasteiger partial charge in [0.05, 0.1) is 11.1 Å². The van der Waals surface area contributed by atoms with Gasteiger partial charge in [0.25, 0.3) is 0 Å². The van der Waals surface area contributed by atoms with Crippen LogP contribution in [-0.4, -0.2) is 0 Å². The number of hydrogen-bond acceptors (Lipinski definition) is 1. The van der Waals surface area contributed by atoms with Crippen LogP contribution in [0.4, 0.5) is 17.1 Å². The van der Waals surface area contributed by atoms with Crippen molar-refractivity contribution < 1.29 is 0 Å². The third kappa shape index (κ3) is 4.27. The van der Waals surface area contributed by atoms with Crippen molar-refractivity contribution in [1.29, 1.82) is 0 Å². The number of fused-ring (bicyclic) bond motifs is 12. The maximum Gasteiger partial charge on any atom is 0.0731 e. The number of hydrogen-bond donors (Lipinski definition) is 0. The van der Waals surface area contributed by atoms with Crippen LogP contribution >= 0.6 is 0 Å². The van der Waals surface area contributed by atoms with E-state index in [0.29, 0.717) is 0 Å². The molecule has 9 aromatic rings. The first-order valence-corrected chi connectivity index (χ1v) is 18.8. The summed E-state index contributed by atoms with van der Waals surface area (Å²) in [6, 6.07) is 78.2. The number of nitrogens with zero attached hydrogens (tertiary/aromatic N) is 1. The summed E-state index contributed by atoms with van der Waals surface area (Å²) < 4.78 is 0. The molecule has 11 rings (SSSR count). The molecule has 2 aliphatic rings. The molecule has 0 amide bonds. The first-order valence-electron chi connectivity index (χ1n) is 18.8. The molecule has 0 radical (unpaired) electrons. The van der Waals surface area contributed by atoms with Crippen molar-refractivity contribution in [2.45, 2.75) is 5.41 Å². The lowest BCUT2D eigenvalue weighted by Crippen LogP contribution is -2.26. The van der Waals surface area contributed by atoms with Crippen LogP contribution in [0.25, 0.3) is 55.3 Å². The molecule has 1 spiro atoms. The van der Waals surface area contributed by atoms with Gasteiger partial charge in [-0.05, 0) is 90.8 Å². The van der Waals surface area contributed by atoms with Gasteiger partial charge in [-0.15, -0.1) is 0 Å². The molecule has 0 aliphatic heterocycles. The Labute approximate surface area is 316 Å². The molecule has 0 unspecified atom stereocenters. The Hall–Kier alpha value is -6.96. The monoisotopic (exact) mass is 685 g/mol. The quantitative estimate of drug-likeness (QED) is 0.174. The van der Waals surface area contributed by atoms with Gasteiger partial charge in [0.1, 0.15) is 0 Å². The second kappa shape index (κ2) is 12.0. The summed E-state index contributed by atoms with van der Waals surface area (Å²) in [5.74, 6) is 0. The first-order chi connectivity index (χ1) is 26.8. The van der Waals surface area contributed by atoms with Gasteiger partial charge in [0.15, 0.2) is 0 Å². The minimum absolute atomic E-state index is 0.477. The zero-order chi connectivity index (χ0) is 35.6. The van der Waals surface area contributed by atoms with Crippen LogP contribution in [-0.2, 0) is 5.41 Å². The maximum absolute atomic E-state index is 2.49. The van der Waals surface area contributed by atoms with E-state index in [4.69, 9.17) is 0 Å². The van der Waals surface area contributed by atoms with Crippen molar-refractivity contribution in [3.63, 3.8) is 0 Å². The molecular weight excluding hydrogens is 651 g/mol. The number of anilines is 3. The van der Waals surface area contributed by atoms with E-state index in [1.807, 2.05) is 0 Å². The summed E-state index contributed by atoms with van der Waals surface area (Å²) in [5, 5.41) is 2.49. The molecule has 0 heterocycles. The Kier molecular flexibility index (Phi) is 6.84. The first kappa shape index (κ1) is 30.6. The fourth-order valence-electron chi connectivity index (χ4n) is 9.57. The van der Waals surface area contributed by atoms with Crippen LogP contribution in [0.5, 0.6) is 0 Å². The predicted molar refractivity (Wildman–Crippen MR) is 226 cm³/mol. The summed E-state index contributed by atoms with van der Waals surface area (Å²) in [6.45, 7) is 0. The normalized spacial score (nSPS) is 13.0. The lowest BCUT2D eigenvalue weighted by atomic mass is 9.69. The minimum atomic E-state index is -0.477. The lowest BCUT2D eigenvalue weighted by molar-refractivity contribution is 0.801. The minimum Gasteiger partial charge on any atom is -0.309 e. The van der Waals surface area contributed by atoms with Crippen LogP contribution in [0.1, 0.15) is 22.3 Å². The van der Waals surface area contributed by atoms with Gasteiger partial charge < -0.3 is 4.90 Å². The number of benzene rings is 9. The molecule has 54 heavy (non-hydrogen) atoms. The highest BCUT2D eigenvalue weighted by atomic mass is 15.1. The van der Waals surface area contributed by atoms with E-state index < -0.39 is 5.41 Å². The highest BCUT2D eigenvalue weighted by molar-refractivity contribution is 6.17. The molecule has 0 aromatic heterocycles. The van der Waals surface area contributed by atoms with Crippen molar-refractivity contribution in [3.8, 4) is 44.5 Å².